The summed E-state index contributed by atoms with van der Waals surface area (Å²) in [5, 5.41) is 5.02. The molecule has 20 heavy (non-hydrogen) atoms. The van der Waals surface area contributed by atoms with E-state index in [9.17, 15) is 4.79 Å². The standard InChI is InChI=1S/C13H14BrN3OS2/c14-10-1-7-19-12(10)11(18)9-16-3-5-17(6-4-16)13-15-2-8-20-13/h1-2,7-8H,3-6,9H2. The van der Waals surface area contributed by atoms with Crippen molar-refractivity contribution in [3.63, 3.8) is 0 Å². The second-order valence-corrected chi connectivity index (χ2v) is 7.24. The molecule has 3 rings (SSSR count). The van der Waals surface area contributed by atoms with Crippen LogP contribution in [-0.4, -0.2) is 48.4 Å². The number of anilines is 1. The highest BCUT2D eigenvalue weighted by Crippen LogP contribution is 2.24. The summed E-state index contributed by atoms with van der Waals surface area (Å²) in [6.07, 6.45) is 1.84. The van der Waals surface area contributed by atoms with Gasteiger partial charge in [-0.3, -0.25) is 9.69 Å². The highest BCUT2D eigenvalue weighted by molar-refractivity contribution is 9.10. The van der Waals surface area contributed by atoms with Crippen molar-refractivity contribution >= 4 is 49.5 Å². The predicted molar refractivity (Wildman–Crippen MR) is 87.1 cm³/mol. The lowest BCUT2D eigenvalue weighted by Gasteiger charge is -2.34. The lowest BCUT2D eigenvalue weighted by Crippen LogP contribution is -2.47. The van der Waals surface area contributed by atoms with Gasteiger partial charge in [-0.25, -0.2) is 4.98 Å². The van der Waals surface area contributed by atoms with E-state index in [0.717, 1.165) is 40.7 Å². The first-order valence-corrected chi connectivity index (χ1v) is 8.92. The van der Waals surface area contributed by atoms with E-state index in [2.05, 4.69) is 30.7 Å². The van der Waals surface area contributed by atoms with E-state index in [1.54, 1.807) is 11.3 Å². The molecule has 7 heteroatoms. The van der Waals surface area contributed by atoms with Crippen molar-refractivity contribution in [3.05, 3.63) is 32.4 Å². The van der Waals surface area contributed by atoms with Crippen molar-refractivity contribution < 1.29 is 4.79 Å². The first-order chi connectivity index (χ1) is 9.74. The van der Waals surface area contributed by atoms with Gasteiger partial charge in [0.25, 0.3) is 0 Å². The number of rotatable bonds is 4. The van der Waals surface area contributed by atoms with E-state index in [1.807, 2.05) is 23.0 Å². The van der Waals surface area contributed by atoms with Crippen LogP contribution in [-0.2, 0) is 0 Å². The maximum Gasteiger partial charge on any atom is 0.187 e. The zero-order valence-electron chi connectivity index (χ0n) is 10.8. The van der Waals surface area contributed by atoms with E-state index in [0.29, 0.717) is 6.54 Å². The topological polar surface area (TPSA) is 36.4 Å². The molecule has 0 atom stereocenters. The largest absolute Gasteiger partial charge is 0.346 e. The van der Waals surface area contributed by atoms with Crippen LogP contribution in [0.1, 0.15) is 9.67 Å². The number of halogens is 1. The molecule has 0 saturated carbocycles. The van der Waals surface area contributed by atoms with Crippen molar-refractivity contribution in [2.75, 3.05) is 37.6 Å². The number of thiazole rings is 1. The maximum atomic E-state index is 12.2. The van der Waals surface area contributed by atoms with E-state index in [-0.39, 0.29) is 5.78 Å². The smallest absolute Gasteiger partial charge is 0.187 e. The van der Waals surface area contributed by atoms with Crippen molar-refractivity contribution in [1.82, 2.24) is 9.88 Å². The Morgan fingerprint density at radius 1 is 1.25 bits per heavy atom. The lowest BCUT2D eigenvalue weighted by molar-refractivity contribution is 0.0930. The van der Waals surface area contributed by atoms with Crippen LogP contribution in [0.15, 0.2) is 27.5 Å². The normalized spacial score (nSPS) is 16.6. The second-order valence-electron chi connectivity index (χ2n) is 4.60. The Morgan fingerprint density at radius 3 is 2.65 bits per heavy atom. The first kappa shape index (κ1) is 14.2. The van der Waals surface area contributed by atoms with Gasteiger partial charge in [0.15, 0.2) is 10.9 Å². The molecule has 0 unspecified atom stereocenters. The lowest BCUT2D eigenvalue weighted by atomic mass is 10.2. The Bertz CT molecular complexity index is 576. The van der Waals surface area contributed by atoms with E-state index < -0.39 is 0 Å². The zero-order valence-corrected chi connectivity index (χ0v) is 14.0. The summed E-state index contributed by atoms with van der Waals surface area (Å²) in [5.41, 5.74) is 0. The molecule has 0 radical (unpaired) electrons. The average molecular weight is 372 g/mol. The van der Waals surface area contributed by atoms with Gasteiger partial charge in [-0.2, -0.15) is 0 Å². The Kier molecular flexibility index (Phi) is 4.50. The molecule has 1 fully saturated rings. The van der Waals surface area contributed by atoms with Crippen molar-refractivity contribution in [2.45, 2.75) is 0 Å². The molecule has 0 aromatic carbocycles. The molecule has 1 aliphatic heterocycles. The minimum Gasteiger partial charge on any atom is -0.346 e. The summed E-state index contributed by atoms with van der Waals surface area (Å²) in [6, 6.07) is 1.93. The number of thiophene rings is 1. The van der Waals surface area contributed by atoms with E-state index in [4.69, 9.17) is 0 Å². The fourth-order valence-corrected chi connectivity index (χ4v) is 4.46. The predicted octanol–water partition coefficient (Wildman–Crippen LogP) is 2.97. The molecule has 1 aliphatic rings. The molecule has 2 aromatic rings. The quantitative estimate of drug-likeness (QED) is 0.774. The molecule has 0 aliphatic carbocycles. The molecular formula is C13H14BrN3OS2. The van der Waals surface area contributed by atoms with Crippen LogP contribution in [0.25, 0.3) is 0 Å². The third-order valence-electron chi connectivity index (χ3n) is 3.30. The minimum atomic E-state index is 0.203. The van der Waals surface area contributed by atoms with Crippen LogP contribution in [0.3, 0.4) is 0 Å². The van der Waals surface area contributed by atoms with Crippen molar-refractivity contribution in [1.29, 1.82) is 0 Å². The second kappa shape index (κ2) is 6.34. The van der Waals surface area contributed by atoms with Gasteiger partial charge in [0.1, 0.15) is 0 Å². The molecule has 0 spiro atoms. The van der Waals surface area contributed by atoms with Crippen molar-refractivity contribution in [2.24, 2.45) is 0 Å². The van der Waals surface area contributed by atoms with Gasteiger partial charge in [0.05, 0.1) is 11.4 Å². The molecule has 0 amide bonds. The molecule has 106 valence electrons. The molecule has 4 nitrogen and oxygen atoms in total. The molecule has 1 saturated heterocycles. The number of Topliss-reactive ketones (excluding diaryl/α,β-unsaturated/α-hetero) is 1. The van der Waals surface area contributed by atoms with Gasteiger partial charge in [0.2, 0.25) is 0 Å². The summed E-state index contributed by atoms with van der Waals surface area (Å²) in [5.74, 6) is 0.203. The van der Waals surface area contributed by atoms with Crippen LogP contribution in [0.4, 0.5) is 5.13 Å². The van der Waals surface area contributed by atoms with E-state index >= 15 is 0 Å². The number of ketones is 1. The van der Waals surface area contributed by atoms with Gasteiger partial charge in [0, 0.05) is 42.2 Å². The third kappa shape index (κ3) is 3.11. The van der Waals surface area contributed by atoms with Crippen LogP contribution < -0.4 is 4.90 Å². The van der Waals surface area contributed by atoms with Gasteiger partial charge in [-0.15, -0.1) is 22.7 Å². The Morgan fingerprint density at radius 2 is 2.05 bits per heavy atom. The van der Waals surface area contributed by atoms with Crippen LogP contribution in [0.5, 0.6) is 0 Å². The van der Waals surface area contributed by atoms with Crippen LogP contribution in [0.2, 0.25) is 0 Å². The van der Waals surface area contributed by atoms with Crippen molar-refractivity contribution in [3.8, 4) is 0 Å². The highest BCUT2D eigenvalue weighted by Gasteiger charge is 2.22. The summed E-state index contributed by atoms with van der Waals surface area (Å²) >= 11 is 6.60. The van der Waals surface area contributed by atoms with E-state index in [1.165, 1.54) is 11.3 Å². The van der Waals surface area contributed by atoms with Gasteiger partial charge in [-0.05, 0) is 27.4 Å². The number of aromatic nitrogens is 1. The summed E-state index contributed by atoms with van der Waals surface area (Å²) in [6.45, 7) is 4.20. The molecule has 2 aromatic heterocycles. The Labute approximate surface area is 134 Å². The summed E-state index contributed by atoms with van der Waals surface area (Å²) < 4.78 is 0.911. The maximum absolute atomic E-state index is 12.2. The van der Waals surface area contributed by atoms with Crippen LogP contribution >= 0.6 is 38.6 Å². The molecule has 3 heterocycles. The highest BCUT2D eigenvalue weighted by atomic mass is 79.9. The number of nitrogens with zero attached hydrogens (tertiary/aromatic N) is 3. The molecule has 0 N–H and O–H groups in total. The fraction of sp³-hybridized carbons (Fsp3) is 0.385. The summed E-state index contributed by atoms with van der Waals surface area (Å²) in [7, 11) is 0. The van der Waals surface area contributed by atoms with Crippen LogP contribution in [0, 0.1) is 0 Å². The average Bonchev–Trinajstić information content (AvgIpc) is 3.10. The number of hydrogen-bond donors (Lipinski definition) is 0. The third-order valence-corrected chi connectivity index (χ3v) is 6.01. The Balaban J connectivity index is 1.54. The fourth-order valence-electron chi connectivity index (χ4n) is 2.24. The van der Waals surface area contributed by atoms with Gasteiger partial charge >= 0.3 is 0 Å². The van der Waals surface area contributed by atoms with Gasteiger partial charge in [-0.1, -0.05) is 0 Å². The van der Waals surface area contributed by atoms with Gasteiger partial charge < -0.3 is 4.90 Å². The number of hydrogen-bond acceptors (Lipinski definition) is 6. The monoisotopic (exact) mass is 371 g/mol. The number of carbonyl (C=O) groups excluding carboxylic acids is 1. The zero-order chi connectivity index (χ0) is 13.9. The minimum absolute atomic E-state index is 0.203. The number of piperazine rings is 1. The summed E-state index contributed by atoms with van der Waals surface area (Å²) in [4.78, 5) is 21.9. The Hall–Kier alpha value is -0.760. The SMILES string of the molecule is O=C(CN1CCN(c2nccs2)CC1)c1sccc1Br. The number of carbonyl (C=O) groups is 1. The molecular weight excluding hydrogens is 358 g/mol. The molecule has 0 bridgehead atoms. The first-order valence-electron chi connectivity index (χ1n) is 6.37.